The van der Waals surface area contributed by atoms with Crippen LogP contribution in [0.25, 0.3) is 0 Å². The van der Waals surface area contributed by atoms with Crippen molar-refractivity contribution >= 4 is 31.9 Å². The molecule has 1 aromatic rings. The Hall–Kier alpha value is -0.0600. The lowest BCUT2D eigenvalue weighted by Crippen LogP contribution is -2.26. The summed E-state index contributed by atoms with van der Waals surface area (Å²) in [4.78, 5) is 0. The van der Waals surface area contributed by atoms with Crippen molar-refractivity contribution in [1.82, 2.24) is 5.32 Å². The molecule has 112 valence electrons. The lowest BCUT2D eigenvalue weighted by atomic mass is 9.81. The molecule has 0 heterocycles. The fraction of sp³-hybridized carbons (Fsp3) is 0.625. The van der Waals surface area contributed by atoms with Crippen LogP contribution in [-0.4, -0.2) is 11.7 Å². The first-order valence-electron chi connectivity index (χ1n) is 7.47. The summed E-state index contributed by atoms with van der Waals surface area (Å²) in [6, 6.07) is 3.95. The molecule has 1 aliphatic carbocycles. The number of hydrogen-bond donors (Lipinski definition) is 2. The van der Waals surface area contributed by atoms with Gasteiger partial charge < -0.3 is 10.4 Å². The van der Waals surface area contributed by atoms with Crippen molar-refractivity contribution in [2.45, 2.75) is 45.6 Å². The molecule has 2 nitrogen and oxygen atoms in total. The largest absolute Gasteiger partial charge is 0.506 e. The van der Waals surface area contributed by atoms with Crippen LogP contribution in [0.4, 0.5) is 0 Å². The highest BCUT2D eigenvalue weighted by Crippen LogP contribution is 2.33. The van der Waals surface area contributed by atoms with E-state index in [0.29, 0.717) is 0 Å². The van der Waals surface area contributed by atoms with Gasteiger partial charge in [-0.25, -0.2) is 0 Å². The standard InChI is InChI=1S/C16H23Br2NO/c1-2-11-3-5-12(6-4-11)9-19-10-13-7-14(17)16(20)15(18)8-13/h7-8,11-12,19-20H,2-6,9-10H2,1H3. The smallest absolute Gasteiger partial charge is 0.143 e. The van der Waals surface area contributed by atoms with Crippen molar-refractivity contribution in [1.29, 1.82) is 0 Å². The van der Waals surface area contributed by atoms with Gasteiger partial charge in [0.25, 0.3) is 0 Å². The summed E-state index contributed by atoms with van der Waals surface area (Å²) in [7, 11) is 0. The highest BCUT2D eigenvalue weighted by atomic mass is 79.9. The molecule has 0 atom stereocenters. The van der Waals surface area contributed by atoms with Gasteiger partial charge in [0.1, 0.15) is 5.75 Å². The molecule has 0 aliphatic heterocycles. The number of rotatable bonds is 5. The molecule has 4 heteroatoms. The van der Waals surface area contributed by atoms with Crippen molar-refractivity contribution in [2.24, 2.45) is 11.8 Å². The first-order chi connectivity index (χ1) is 9.60. The van der Waals surface area contributed by atoms with Gasteiger partial charge in [0.2, 0.25) is 0 Å². The molecule has 0 saturated heterocycles. The molecule has 1 fully saturated rings. The van der Waals surface area contributed by atoms with E-state index in [0.717, 1.165) is 33.9 Å². The summed E-state index contributed by atoms with van der Waals surface area (Å²) in [5, 5.41) is 13.2. The quantitative estimate of drug-likeness (QED) is 0.704. The van der Waals surface area contributed by atoms with Gasteiger partial charge >= 0.3 is 0 Å². The Morgan fingerprint density at radius 1 is 1.10 bits per heavy atom. The van der Waals surface area contributed by atoms with E-state index in [1.807, 2.05) is 12.1 Å². The van der Waals surface area contributed by atoms with Gasteiger partial charge in [-0.3, -0.25) is 0 Å². The van der Waals surface area contributed by atoms with E-state index in [4.69, 9.17) is 0 Å². The normalized spacial score (nSPS) is 22.9. The van der Waals surface area contributed by atoms with Crippen LogP contribution in [0, 0.1) is 11.8 Å². The Bertz CT molecular complexity index is 419. The number of halogens is 2. The Labute approximate surface area is 138 Å². The Morgan fingerprint density at radius 3 is 2.20 bits per heavy atom. The van der Waals surface area contributed by atoms with Crippen molar-refractivity contribution < 1.29 is 5.11 Å². The second kappa shape index (κ2) is 7.81. The van der Waals surface area contributed by atoms with Crippen LogP contribution in [0.1, 0.15) is 44.6 Å². The second-order valence-corrected chi connectivity index (χ2v) is 7.54. The van der Waals surface area contributed by atoms with E-state index in [9.17, 15) is 5.11 Å². The number of benzene rings is 1. The van der Waals surface area contributed by atoms with Gasteiger partial charge in [0, 0.05) is 6.54 Å². The summed E-state index contributed by atoms with van der Waals surface area (Å²) in [5.74, 6) is 2.07. The highest BCUT2D eigenvalue weighted by Gasteiger charge is 2.19. The van der Waals surface area contributed by atoms with Crippen molar-refractivity contribution in [3.8, 4) is 5.75 Å². The molecule has 2 rings (SSSR count). The van der Waals surface area contributed by atoms with Gasteiger partial charge in [-0.05, 0) is 80.8 Å². The molecular weight excluding hydrogens is 382 g/mol. The lowest BCUT2D eigenvalue weighted by molar-refractivity contribution is 0.262. The molecule has 0 unspecified atom stereocenters. The number of hydrogen-bond acceptors (Lipinski definition) is 2. The van der Waals surface area contributed by atoms with Crippen molar-refractivity contribution in [3.05, 3.63) is 26.6 Å². The van der Waals surface area contributed by atoms with Gasteiger partial charge in [-0.2, -0.15) is 0 Å². The maximum atomic E-state index is 9.69. The zero-order valence-electron chi connectivity index (χ0n) is 12.0. The molecule has 0 amide bonds. The summed E-state index contributed by atoms with van der Waals surface area (Å²) < 4.78 is 1.49. The molecule has 0 spiro atoms. The minimum absolute atomic E-state index is 0.270. The first-order valence-corrected chi connectivity index (χ1v) is 9.06. The third kappa shape index (κ3) is 4.47. The summed E-state index contributed by atoms with van der Waals surface area (Å²) >= 11 is 6.74. The first kappa shape index (κ1) is 16.3. The van der Waals surface area contributed by atoms with Gasteiger partial charge in [-0.15, -0.1) is 0 Å². The van der Waals surface area contributed by atoms with E-state index in [1.165, 1.54) is 37.7 Å². The van der Waals surface area contributed by atoms with Gasteiger partial charge in [-0.1, -0.05) is 26.2 Å². The molecule has 0 radical (unpaired) electrons. The molecule has 20 heavy (non-hydrogen) atoms. The third-order valence-corrected chi connectivity index (χ3v) is 5.59. The van der Waals surface area contributed by atoms with E-state index >= 15 is 0 Å². The number of phenolic OH excluding ortho intramolecular Hbond substituents is 1. The Balaban J connectivity index is 1.76. The zero-order valence-corrected chi connectivity index (χ0v) is 15.1. The second-order valence-electron chi connectivity index (χ2n) is 5.83. The van der Waals surface area contributed by atoms with E-state index in [2.05, 4.69) is 44.1 Å². The zero-order chi connectivity index (χ0) is 14.5. The van der Waals surface area contributed by atoms with Crippen LogP contribution in [0.15, 0.2) is 21.1 Å². The predicted octanol–water partition coefficient (Wildman–Crippen LogP) is 5.22. The minimum Gasteiger partial charge on any atom is -0.506 e. The summed E-state index contributed by atoms with van der Waals surface area (Å²) in [6.45, 7) is 4.27. The molecule has 0 aromatic heterocycles. The monoisotopic (exact) mass is 403 g/mol. The highest BCUT2D eigenvalue weighted by molar-refractivity contribution is 9.11. The Kier molecular flexibility index (Phi) is 6.37. The maximum absolute atomic E-state index is 9.69. The van der Waals surface area contributed by atoms with Gasteiger partial charge in [0.15, 0.2) is 0 Å². The molecular formula is C16H23Br2NO. The van der Waals surface area contributed by atoms with Crippen molar-refractivity contribution in [2.75, 3.05) is 6.54 Å². The predicted molar refractivity (Wildman–Crippen MR) is 91.0 cm³/mol. The molecule has 0 bridgehead atoms. The number of phenols is 1. The average Bonchev–Trinajstić information content (AvgIpc) is 2.45. The maximum Gasteiger partial charge on any atom is 0.143 e. The van der Waals surface area contributed by atoms with Crippen molar-refractivity contribution in [3.63, 3.8) is 0 Å². The fourth-order valence-electron chi connectivity index (χ4n) is 2.98. The molecule has 1 saturated carbocycles. The third-order valence-electron chi connectivity index (χ3n) is 4.38. The van der Waals surface area contributed by atoms with Crippen LogP contribution < -0.4 is 5.32 Å². The van der Waals surface area contributed by atoms with Crippen LogP contribution in [0.5, 0.6) is 5.75 Å². The van der Waals surface area contributed by atoms with Crippen LogP contribution in [0.2, 0.25) is 0 Å². The number of nitrogens with one attached hydrogen (secondary N) is 1. The van der Waals surface area contributed by atoms with Gasteiger partial charge in [0.05, 0.1) is 8.95 Å². The van der Waals surface area contributed by atoms with Crippen LogP contribution >= 0.6 is 31.9 Å². The summed E-state index contributed by atoms with van der Waals surface area (Å²) in [6.07, 6.45) is 6.89. The molecule has 2 N–H and O–H groups in total. The fourth-order valence-corrected chi connectivity index (χ4v) is 4.27. The Morgan fingerprint density at radius 2 is 1.65 bits per heavy atom. The molecule has 1 aliphatic rings. The topological polar surface area (TPSA) is 32.3 Å². The average molecular weight is 405 g/mol. The minimum atomic E-state index is 0.270. The van der Waals surface area contributed by atoms with Crippen LogP contribution in [0.3, 0.4) is 0 Å². The lowest BCUT2D eigenvalue weighted by Gasteiger charge is -2.28. The number of aromatic hydroxyl groups is 1. The SMILES string of the molecule is CCC1CCC(CNCc2cc(Br)c(O)c(Br)c2)CC1. The van der Waals surface area contributed by atoms with Crippen LogP contribution in [-0.2, 0) is 6.54 Å². The summed E-state index contributed by atoms with van der Waals surface area (Å²) in [5.41, 5.74) is 1.18. The van der Waals surface area contributed by atoms with E-state index < -0.39 is 0 Å². The van der Waals surface area contributed by atoms with E-state index in [1.54, 1.807) is 0 Å². The molecule has 1 aromatic carbocycles. The van der Waals surface area contributed by atoms with E-state index in [-0.39, 0.29) is 5.75 Å².